The molecule has 262 valence electrons. The first-order valence-electron chi connectivity index (χ1n) is 16.9. The molecule has 0 bridgehead atoms. The quantitative estimate of drug-likeness (QED) is 0.290. The number of para-hydroxylation sites is 1. The Morgan fingerprint density at radius 3 is 2.31 bits per heavy atom. The number of likely N-dealkylation sites (N-methyl/N-ethyl adjacent to an activating group) is 1. The fourth-order valence-electron chi connectivity index (χ4n) is 5.32. The number of ether oxygens (including phenoxy) is 1. The van der Waals surface area contributed by atoms with Crippen molar-refractivity contribution in [2.75, 3.05) is 40.3 Å². The maximum Gasteiger partial charge on any atom is 0.255 e. The van der Waals surface area contributed by atoms with E-state index in [1.54, 1.807) is 24.3 Å². The summed E-state index contributed by atoms with van der Waals surface area (Å²) in [5.41, 5.74) is 1.05. The lowest BCUT2D eigenvalue weighted by Crippen LogP contribution is -2.56. The molecule has 12 nitrogen and oxygen atoms in total. The van der Waals surface area contributed by atoms with Crippen LogP contribution in [0.3, 0.4) is 0 Å². The van der Waals surface area contributed by atoms with Crippen molar-refractivity contribution in [3.05, 3.63) is 65.7 Å². The summed E-state index contributed by atoms with van der Waals surface area (Å²) in [5.74, 6) is -1.99. The number of hydrogen-bond acceptors (Lipinski definition) is 7. The highest BCUT2D eigenvalue weighted by Crippen LogP contribution is 2.19. The summed E-state index contributed by atoms with van der Waals surface area (Å²) in [7, 11) is 3.74. The SMILES string of the molecule is CC(C)C[C@@H]1NC(=O)[C@H](Cc2ccccc2)NC(=O)C[C@@H](C(=O)NCCN(C)C)NC(=O)c2ccccc2OCCCCCCNC1=O. The van der Waals surface area contributed by atoms with Gasteiger partial charge in [-0.05, 0) is 57.0 Å². The van der Waals surface area contributed by atoms with E-state index in [1.807, 2.05) is 63.2 Å². The molecule has 1 aliphatic heterocycles. The van der Waals surface area contributed by atoms with Gasteiger partial charge < -0.3 is 36.2 Å². The van der Waals surface area contributed by atoms with E-state index in [1.165, 1.54) is 0 Å². The van der Waals surface area contributed by atoms with Crippen LogP contribution in [0.2, 0.25) is 0 Å². The molecule has 5 amide bonds. The van der Waals surface area contributed by atoms with Crippen LogP contribution in [0.15, 0.2) is 54.6 Å². The molecule has 3 rings (SSSR count). The monoisotopic (exact) mass is 664 g/mol. The van der Waals surface area contributed by atoms with Gasteiger partial charge in [-0.25, -0.2) is 0 Å². The third-order valence-corrected chi connectivity index (χ3v) is 7.90. The van der Waals surface area contributed by atoms with Crippen molar-refractivity contribution in [2.45, 2.75) is 76.9 Å². The standard InChI is InChI=1S/C36H52N6O6/c1-25(2)22-28-34(45)37-18-12-5-6-13-21-48-31-17-11-10-16-27(31)33(44)40-30(35(46)38-19-20-42(3)4)24-32(43)39-29(36(47)41-28)23-26-14-8-7-9-15-26/h7-11,14-17,25,28-30H,5-6,12-13,18-24H2,1-4H3,(H,37,45)(H,38,46)(H,39,43)(H,40,44)(H,41,47)/t28-,29-,30-/m0/s1. The van der Waals surface area contributed by atoms with Crippen LogP contribution in [0.1, 0.15) is 68.3 Å². The van der Waals surface area contributed by atoms with Gasteiger partial charge in [0.25, 0.3) is 5.91 Å². The predicted octanol–water partition coefficient (Wildman–Crippen LogP) is 2.18. The van der Waals surface area contributed by atoms with E-state index in [0.717, 1.165) is 31.2 Å². The number of fused-ring (bicyclic) bond motifs is 1. The molecule has 0 spiro atoms. The minimum Gasteiger partial charge on any atom is -0.493 e. The van der Waals surface area contributed by atoms with Gasteiger partial charge in [0.1, 0.15) is 23.9 Å². The van der Waals surface area contributed by atoms with Gasteiger partial charge in [0, 0.05) is 26.1 Å². The van der Waals surface area contributed by atoms with E-state index in [-0.39, 0.29) is 23.8 Å². The highest BCUT2D eigenvalue weighted by molar-refractivity contribution is 6.01. The Balaban J connectivity index is 1.92. The first-order chi connectivity index (χ1) is 23.0. The molecule has 48 heavy (non-hydrogen) atoms. The Morgan fingerprint density at radius 1 is 0.875 bits per heavy atom. The second-order valence-electron chi connectivity index (χ2n) is 12.9. The third-order valence-electron chi connectivity index (χ3n) is 7.90. The second-order valence-corrected chi connectivity index (χ2v) is 12.9. The lowest BCUT2D eigenvalue weighted by Gasteiger charge is -2.25. The summed E-state index contributed by atoms with van der Waals surface area (Å²) in [6, 6.07) is 12.9. The number of nitrogens with zero attached hydrogens (tertiary/aromatic N) is 1. The number of benzene rings is 2. The molecule has 3 atom stereocenters. The molecule has 12 heteroatoms. The molecule has 0 aromatic heterocycles. The topological polar surface area (TPSA) is 158 Å². The zero-order chi connectivity index (χ0) is 34.9. The van der Waals surface area contributed by atoms with Gasteiger partial charge in [-0.1, -0.05) is 69.2 Å². The average molecular weight is 665 g/mol. The maximum atomic E-state index is 13.8. The van der Waals surface area contributed by atoms with Crippen LogP contribution in [-0.2, 0) is 25.6 Å². The van der Waals surface area contributed by atoms with Gasteiger partial charge in [0.2, 0.25) is 23.6 Å². The van der Waals surface area contributed by atoms with Crippen molar-refractivity contribution >= 4 is 29.5 Å². The first kappa shape index (κ1) is 38.0. The number of carbonyl (C=O) groups is 5. The molecule has 2 aromatic rings. The number of amides is 5. The van der Waals surface area contributed by atoms with E-state index in [2.05, 4.69) is 26.6 Å². The van der Waals surface area contributed by atoms with Crippen molar-refractivity contribution in [1.82, 2.24) is 31.5 Å². The Kier molecular flexibility index (Phi) is 15.9. The highest BCUT2D eigenvalue weighted by Gasteiger charge is 2.30. The van der Waals surface area contributed by atoms with Gasteiger partial charge in [0.15, 0.2) is 0 Å². The van der Waals surface area contributed by atoms with Crippen LogP contribution in [0, 0.1) is 5.92 Å². The third kappa shape index (κ3) is 13.3. The van der Waals surface area contributed by atoms with E-state index < -0.39 is 48.2 Å². The van der Waals surface area contributed by atoms with E-state index in [4.69, 9.17) is 4.74 Å². The maximum absolute atomic E-state index is 13.8. The lowest BCUT2D eigenvalue weighted by molar-refractivity contribution is -0.133. The Hall–Kier alpha value is -4.45. The molecular formula is C36H52N6O6. The van der Waals surface area contributed by atoms with Crippen molar-refractivity contribution in [3.8, 4) is 5.75 Å². The van der Waals surface area contributed by atoms with Gasteiger partial charge in [-0.15, -0.1) is 0 Å². The minimum absolute atomic E-state index is 0.122. The molecule has 0 radical (unpaired) electrons. The summed E-state index contributed by atoms with van der Waals surface area (Å²) in [5, 5.41) is 14.1. The fraction of sp³-hybridized carbons (Fsp3) is 0.528. The predicted molar refractivity (Wildman–Crippen MR) is 184 cm³/mol. The Bertz CT molecular complexity index is 1350. The smallest absolute Gasteiger partial charge is 0.255 e. The van der Waals surface area contributed by atoms with Gasteiger partial charge in [-0.3, -0.25) is 24.0 Å². The minimum atomic E-state index is -1.23. The van der Waals surface area contributed by atoms with Gasteiger partial charge in [0.05, 0.1) is 18.6 Å². The number of rotatable bonds is 8. The van der Waals surface area contributed by atoms with Crippen LogP contribution < -0.4 is 31.3 Å². The number of nitrogens with one attached hydrogen (secondary N) is 5. The van der Waals surface area contributed by atoms with Crippen molar-refractivity contribution in [3.63, 3.8) is 0 Å². The van der Waals surface area contributed by atoms with Crippen LogP contribution in [-0.4, -0.2) is 92.9 Å². The molecule has 1 heterocycles. The molecule has 0 saturated heterocycles. The Labute approximate surface area is 284 Å². The molecule has 5 N–H and O–H groups in total. The molecular weight excluding hydrogens is 612 g/mol. The summed E-state index contributed by atoms with van der Waals surface area (Å²) < 4.78 is 5.95. The second kappa shape index (κ2) is 20.0. The average Bonchev–Trinajstić information content (AvgIpc) is 3.04. The summed E-state index contributed by atoms with van der Waals surface area (Å²) >= 11 is 0. The van der Waals surface area contributed by atoms with Crippen molar-refractivity contribution in [2.24, 2.45) is 5.92 Å². The largest absolute Gasteiger partial charge is 0.493 e. The van der Waals surface area contributed by atoms with Crippen molar-refractivity contribution < 1.29 is 28.7 Å². The van der Waals surface area contributed by atoms with Crippen molar-refractivity contribution in [1.29, 1.82) is 0 Å². The molecule has 2 aromatic carbocycles. The summed E-state index contributed by atoms with van der Waals surface area (Å²) in [4.78, 5) is 69.3. The molecule has 0 unspecified atom stereocenters. The lowest BCUT2D eigenvalue weighted by atomic mass is 10.0. The molecule has 0 saturated carbocycles. The highest BCUT2D eigenvalue weighted by atomic mass is 16.5. The Morgan fingerprint density at radius 2 is 1.58 bits per heavy atom. The summed E-state index contributed by atoms with van der Waals surface area (Å²) in [6.07, 6.45) is 3.39. The van der Waals surface area contributed by atoms with Crippen LogP contribution >= 0.6 is 0 Å². The van der Waals surface area contributed by atoms with Crippen LogP contribution in [0.25, 0.3) is 0 Å². The molecule has 0 aliphatic carbocycles. The van der Waals surface area contributed by atoms with Crippen LogP contribution in [0.4, 0.5) is 0 Å². The molecule has 0 fully saturated rings. The fourth-order valence-corrected chi connectivity index (χ4v) is 5.32. The van der Waals surface area contributed by atoms with E-state index >= 15 is 0 Å². The zero-order valence-corrected chi connectivity index (χ0v) is 28.7. The van der Waals surface area contributed by atoms with E-state index in [0.29, 0.717) is 38.4 Å². The summed E-state index contributed by atoms with van der Waals surface area (Å²) in [6.45, 7) is 5.66. The number of carbonyl (C=O) groups excluding carboxylic acids is 5. The first-order valence-corrected chi connectivity index (χ1v) is 16.9. The molecule has 1 aliphatic rings. The van der Waals surface area contributed by atoms with Crippen LogP contribution in [0.5, 0.6) is 5.75 Å². The normalized spacial score (nSPS) is 20.7. The van der Waals surface area contributed by atoms with E-state index in [9.17, 15) is 24.0 Å². The van der Waals surface area contributed by atoms with Gasteiger partial charge in [-0.2, -0.15) is 0 Å². The number of hydrogen-bond donors (Lipinski definition) is 5. The zero-order valence-electron chi connectivity index (χ0n) is 28.7. The van der Waals surface area contributed by atoms with Gasteiger partial charge >= 0.3 is 0 Å².